The number of rotatable bonds is 5. The summed E-state index contributed by atoms with van der Waals surface area (Å²) in [5.41, 5.74) is 4.15. The van der Waals surface area contributed by atoms with Crippen LogP contribution in [0.15, 0.2) is 15.2 Å². The lowest BCUT2D eigenvalue weighted by Crippen LogP contribution is -2.28. The van der Waals surface area contributed by atoms with Crippen molar-refractivity contribution in [3.8, 4) is 0 Å². The molecule has 2 heterocycles. The number of thiophene rings is 1. The molecular formula is C11H17BrN2OS. The van der Waals surface area contributed by atoms with E-state index in [0.29, 0.717) is 6.10 Å². The lowest BCUT2D eigenvalue weighted by atomic mass is 10.0. The van der Waals surface area contributed by atoms with Gasteiger partial charge in [0.25, 0.3) is 0 Å². The number of hydrogen-bond acceptors (Lipinski definition) is 4. The van der Waals surface area contributed by atoms with Gasteiger partial charge in [0.2, 0.25) is 0 Å². The number of halogens is 1. The van der Waals surface area contributed by atoms with Gasteiger partial charge in [0.15, 0.2) is 0 Å². The van der Waals surface area contributed by atoms with Gasteiger partial charge in [0.05, 0.1) is 6.10 Å². The second kappa shape index (κ2) is 6.12. The van der Waals surface area contributed by atoms with E-state index in [4.69, 9.17) is 10.6 Å². The topological polar surface area (TPSA) is 47.3 Å². The van der Waals surface area contributed by atoms with Crippen LogP contribution in [0.1, 0.15) is 37.3 Å². The Labute approximate surface area is 108 Å². The second-order valence-corrected chi connectivity index (χ2v) is 5.70. The van der Waals surface area contributed by atoms with E-state index < -0.39 is 0 Å². The molecule has 3 nitrogen and oxygen atoms in total. The standard InChI is InChI=1S/C11H17BrN2OS/c12-10-7-16-6-9(10)11(14-13)4-3-8-2-1-5-15-8/h6-8,11,14H,1-5,13H2. The molecule has 2 unspecified atom stereocenters. The summed E-state index contributed by atoms with van der Waals surface area (Å²) in [5.74, 6) is 5.61. The lowest BCUT2D eigenvalue weighted by molar-refractivity contribution is 0.0996. The Kier molecular flexibility index (Phi) is 4.79. The maximum absolute atomic E-state index is 5.62. The molecule has 5 heteroatoms. The average molecular weight is 305 g/mol. The smallest absolute Gasteiger partial charge is 0.0576 e. The van der Waals surface area contributed by atoms with Gasteiger partial charge in [-0.1, -0.05) is 0 Å². The highest BCUT2D eigenvalue weighted by atomic mass is 79.9. The fourth-order valence-corrected chi connectivity index (χ4v) is 3.72. The first kappa shape index (κ1) is 12.5. The van der Waals surface area contributed by atoms with Crippen molar-refractivity contribution in [2.24, 2.45) is 5.84 Å². The van der Waals surface area contributed by atoms with Gasteiger partial charge in [-0.3, -0.25) is 11.3 Å². The summed E-state index contributed by atoms with van der Waals surface area (Å²) in [7, 11) is 0. The van der Waals surface area contributed by atoms with Crippen LogP contribution in [-0.4, -0.2) is 12.7 Å². The third-order valence-corrected chi connectivity index (χ3v) is 4.77. The van der Waals surface area contributed by atoms with E-state index >= 15 is 0 Å². The van der Waals surface area contributed by atoms with Crippen LogP contribution in [0.3, 0.4) is 0 Å². The molecular weight excluding hydrogens is 288 g/mol. The fourth-order valence-electron chi connectivity index (χ4n) is 2.09. The fraction of sp³-hybridized carbons (Fsp3) is 0.636. The van der Waals surface area contributed by atoms with E-state index in [1.165, 1.54) is 18.4 Å². The zero-order chi connectivity index (χ0) is 11.4. The third kappa shape index (κ3) is 3.05. The first-order valence-electron chi connectivity index (χ1n) is 5.60. The van der Waals surface area contributed by atoms with Crippen LogP contribution in [0.25, 0.3) is 0 Å². The van der Waals surface area contributed by atoms with Crippen molar-refractivity contribution >= 4 is 27.3 Å². The Balaban J connectivity index is 1.88. The van der Waals surface area contributed by atoms with Crippen LogP contribution < -0.4 is 11.3 Å². The third-order valence-electron chi connectivity index (χ3n) is 3.02. The maximum atomic E-state index is 5.62. The molecule has 2 rings (SSSR count). The van der Waals surface area contributed by atoms with E-state index in [1.807, 2.05) is 0 Å². The summed E-state index contributed by atoms with van der Waals surface area (Å²) in [6.07, 6.45) is 4.94. The Morgan fingerprint density at radius 1 is 1.62 bits per heavy atom. The molecule has 1 aromatic heterocycles. The zero-order valence-electron chi connectivity index (χ0n) is 9.12. The van der Waals surface area contributed by atoms with E-state index in [0.717, 1.165) is 23.9 Å². The zero-order valence-corrected chi connectivity index (χ0v) is 11.5. The highest BCUT2D eigenvalue weighted by Crippen LogP contribution is 2.30. The Bertz CT molecular complexity index is 326. The Hall–Kier alpha value is 0.0600. The summed E-state index contributed by atoms with van der Waals surface area (Å²) in [4.78, 5) is 0. The monoisotopic (exact) mass is 304 g/mol. The molecule has 0 aliphatic carbocycles. The van der Waals surface area contributed by atoms with E-state index in [2.05, 4.69) is 32.1 Å². The molecule has 0 radical (unpaired) electrons. The normalized spacial score (nSPS) is 22.5. The highest BCUT2D eigenvalue weighted by Gasteiger charge is 2.19. The molecule has 0 spiro atoms. The van der Waals surface area contributed by atoms with Gasteiger partial charge in [-0.2, -0.15) is 11.3 Å². The average Bonchev–Trinajstić information content (AvgIpc) is 2.92. The maximum Gasteiger partial charge on any atom is 0.0576 e. The molecule has 16 heavy (non-hydrogen) atoms. The summed E-state index contributed by atoms with van der Waals surface area (Å²) in [6, 6.07) is 0.227. The first-order valence-corrected chi connectivity index (χ1v) is 7.34. The molecule has 0 bridgehead atoms. The van der Waals surface area contributed by atoms with Gasteiger partial charge < -0.3 is 4.74 Å². The summed E-state index contributed by atoms with van der Waals surface area (Å²) in [6.45, 7) is 0.924. The molecule has 1 saturated heterocycles. The van der Waals surface area contributed by atoms with Crippen LogP contribution in [0.5, 0.6) is 0 Å². The molecule has 1 fully saturated rings. The number of hydrogen-bond donors (Lipinski definition) is 2. The minimum Gasteiger partial charge on any atom is -0.378 e. The molecule has 0 saturated carbocycles. The molecule has 2 atom stereocenters. The van der Waals surface area contributed by atoms with Gasteiger partial charge in [0, 0.05) is 22.5 Å². The molecule has 0 amide bonds. The van der Waals surface area contributed by atoms with Crippen molar-refractivity contribution in [2.45, 2.75) is 37.8 Å². The Morgan fingerprint density at radius 2 is 2.50 bits per heavy atom. The summed E-state index contributed by atoms with van der Waals surface area (Å²) < 4.78 is 6.76. The lowest BCUT2D eigenvalue weighted by Gasteiger charge is -2.17. The van der Waals surface area contributed by atoms with Crippen molar-refractivity contribution in [1.82, 2.24) is 5.43 Å². The van der Waals surface area contributed by atoms with Crippen LogP contribution in [-0.2, 0) is 4.74 Å². The number of ether oxygens (including phenoxy) is 1. The predicted octanol–water partition coefficient (Wildman–Crippen LogP) is 2.97. The van der Waals surface area contributed by atoms with Crippen LogP contribution in [0.4, 0.5) is 0 Å². The van der Waals surface area contributed by atoms with Crippen molar-refractivity contribution < 1.29 is 4.74 Å². The minimum absolute atomic E-state index is 0.227. The van der Waals surface area contributed by atoms with Gasteiger partial charge in [-0.15, -0.1) is 0 Å². The second-order valence-electron chi connectivity index (χ2n) is 4.11. The van der Waals surface area contributed by atoms with Crippen molar-refractivity contribution in [1.29, 1.82) is 0 Å². The number of nitrogens with two attached hydrogens (primary N) is 1. The quantitative estimate of drug-likeness (QED) is 0.649. The molecule has 1 aromatic rings. The molecule has 1 aliphatic heterocycles. The van der Waals surface area contributed by atoms with Crippen LogP contribution in [0.2, 0.25) is 0 Å². The molecule has 0 aromatic carbocycles. The largest absolute Gasteiger partial charge is 0.378 e. The summed E-state index contributed by atoms with van der Waals surface area (Å²) >= 11 is 5.24. The van der Waals surface area contributed by atoms with Gasteiger partial charge >= 0.3 is 0 Å². The Morgan fingerprint density at radius 3 is 3.06 bits per heavy atom. The van der Waals surface area contributed by atoms with Crippen molar-refractivity contribution in [3.05, 3.63) is 20.8 Å². The van der Waals surface area contributed by atoms with Gasteiger partial charge in [-0.05, 0) is 52.6 Å². The van der Waals surface area contributed by atoms with E-state index in [-0.39, 0.29) is 6.04 Å². The molecule has 1 aliphatic rings. The highest BCUT2D eigenvalue weighted by molar-refractivity contribution is 9.10. The van der Waals surface area contributed by atoms with Crippen molar-refractivity contribution in [2.75, 3.05) is 6.61 Å². The SMILES string of the molecule is NNC(CCC1CCCO1)c1cscc1Br. The number of hydrazine groups is 1. The van der Waals surface area contributed by atoms with Crippen LogP contribution in [0, 0.1) is 0 Å². The van der Waals surface area contributed by atoms with E-state index in [9.17, 15) is 0 Å². The molecule has 3 N–H and O–H groups in total. The first-order chi connectivity index (χ1) is 7.81. The van der Waals surface area contributed by atoms with Crippen LogP contribution >= 0.6 is 27.3 Å². The van der Waals surface area contributed by atoms with E-state index in [1.54, 1.807) is 11.3 Å². The van der Waals surface area contributed by atoms with Crippen molar-refractivity contribution in [3.63, 3.8) is 0 Å². The van der Waals surface area contributed by atoms with Gasteiger partial charge in [-0.25, -0.2) is 0 Å². The molecule has 90 valence electrons. The van der Waals surface area contributed by atoms with Gasteiger partial charge in [0.1, 0.15) is 0 Å². The predicted molar refractivity (Wildman–Crippen MR) is 70.3 cm³/mol. The number of nitrogens with one attached hydrogen (secondary N) is 1. The summed E-state index contributed by atoms with van der Waals surface area (Å²) in [5, 5.41) is 4.23. The minimum atomic E-state index is 0.227.